The first-order valence-corrected chi connectivity index (χ1v) is 9.40. The van der Waals surface area contributed by atoms with E-state index in [1.54, 1.807) is 0 Å². The molecule has 3 rings (SSSR count). The number of nitrogens with zero attached hydrogens (tertiary/aromatic N) is 2. The first-order chi connectivity index (χ1) is 12.2. The molecule has 7 nitrogen and oxygen atoms in total. The molecule has 2 aromatic rings. The normalized spacial score (nSPS) is 15.0. The second-order valence-electron chi connectivity index (χ2n) is 6.05. The zero-order valence-corrected chi connectivity index (χ0v) is 14.7. The van der Waals surface area contributed by atoms with Gasteiger partial charge in [0.25, 0.3) is 5.91 Å². The van der Waals surface area contributed by atoms with Crippen molar-refractivity contribution in [2.24, 2.45) is 0 Å². The Morgan fingerprint density at radius 1 is 1.32 bits per heavy atom. The van der Waals surface area contributed by atoms with Crippen molar-refractivity contribution in [2.45, 2.75) is 51.0 Å². The largest absolute Gasteiger partial charge is 0.456 e. The summed E-state index contributed by atoms with van der Waals surface area (Å²) in [6.07, 6.45) is 5.91. The Morgan fingerprint density at radius 3 is 2.92 bits per heavy atom. The van der Waals surface area contributed by atoms with Gasteiger partial charge >= 0.3 is 5.97 Å². The number of hydrogen-bond acceptors (Lipinski definition) is 7. The average Bonchev–Trinajstić information content (AvgIpc) is 3.30. The number of carbonyl (C=O) groups is 2. The van der Waals surface area contributed by atoms with E-state index in [9.17, 15) is 9.59 Å². The molecular weight excluding hydrogens is 342 g/mol. The van der Waals surface area contributed by atoms with Crippen LogP contribution in [0.4, 0.5) is 0 Å². The number of rotatable bonds is 7. The number of aromatic nitrogens is 2. The van der Waals surface area contributed by atoms with Crippen LogP contribution < -0.4 is 5.32 Å². The topological polar surface area (TPSA) is 94.3 Å². The second kappa shape index (κ2) is 8.75. The third-order valence-corrected chi connectivity index (χ3v) is 4.95. The number of esters is 1. The third-order valence-electron chi connectivity index (χ3n) is 4.09. The van der Waals surface area contributed by atoms with Crippen LogP contribution in [0, 0.1) is 0 Å². The number of amides is 1. The molecule has 0 aromatic carbocycles. The lowest BCUT2D eigenvalue weighted by molar-refractivity contribution is -0.148. The number of nitrogens with one attached hydrogen (secondary N) is 1. The van der Waals surface area contributed by atoms with Crippen molar-refractivity contribution in [1.82, 2.24) is 15.5 Å². The van der Waals surface area contributed by atoms with Gasteiger partial charge in [-0.3, -0.25) is 9.59 Å². The molecular formula is C17H21N3O4S. The Hall–Kier alpha value is -2.22. The molecule has 8 heteroatoms. The fraction of sp³-hybridized carbons (Fsp3) is 0.529. The van der Waals surface area contributed by atoms with Crippen LogP contribution in [-0.2, 0) is 20.7 Å². The Morgan fingerprint density at radius 2 is 2.16 bits per heavy atom. The van der Waals surface area contributed by atoms with Crippen LogP contribution in [-0.4, -0.2) is 34.7 Å². The van der Waals surface area contributed by atoms with Gasteiger partial charge < -0.3 is 14.6 Å². The third kappa shape index (κ3) is 5.38. The van der Waals surface area contributed by atoms with Crippen molar-refractivity contribution >= 4 is 23.2 Å². The van der Waals surface area contributed by atoms with E-state index < -0.39 is 5.97 Å². The summed E-state index contributed by atoms with van der Waals surface area (Å²) in [5, 5.41) is 8.73. The molecule has 2 aromatic heterocycles. The van der Waals surface area contributed by atoms with Crippen LogP contribution in [0.25, 0.3) is 10.7 Å². The van der Waals surface area contributed by atoms with Crippen LogP contribution in [0.15, 0.2) is 22.0 Å². The van der Waals surface area contributed by atoms with E-state index in [2.05, 4.69) is 15.5 Å². The Labute approximate surface area is 149 Å². The maximum atomic E-state index is 11.8. The van der Waals surface area contributed by atoms with Gasteiger partial charge in [-0.25, -0.2) is 0 Å². The summed E-state index contributed by atoms with van der Waals surface area (Å²) in [5.74, 6) is 0.213. The van der Waals surface area contributed by atoms with Crippen molar-refractivity contribution in [3.05, 3.63) is 23.4 Å². The minimum absolute atomic E-state index is 0.1000. The Balaban J connectivity index is 1.36. The molecule has 2 heterocycles. The first-order valence-electron chi connectivity index (χ1n) is 8.52. The van der Waals surface area contributed by atoms with Crippen molar-refractivity contribution in [1.29, 1.82) is 0 Å². The quantitative estimate of drug-likeness (QED) is 0.760. The van der Waals surface area contributed by atoms with E-state index in [-0.39, 0.29) is 25.0 Å². The van der Waals surface area contributed by atoms with Crippen LogP contribution >= 0.6 is 11.3 Å². The van der Waals surface area contributed by atoms with E-state index in [0.717, 1.165) is 30.6 Å². The molecule has 0 radical (unpaired) electrons. The lowest BCUT2D eigenvalue weighted by Gasteiger charge is -2.22. The standard InChI is InChI=1S/C17H21N3O4S/c21-14(18-12-5-2-1-3-6-12)11-23-16(22)9-8-15-19-17(20-24-15)13-7-4-10-25-13/h4,7,10,12H,1-3,5-6,8-9,11H2,(H,18,21). The van der Waals surface area contributed by atoms with Gasteiger partial charge in [0.15, 0.2) is 6.61 Å². The van der Waals surface area contributed by atoms with Crippen LogP contribution in [0.3, 0.4) is 0 Å². The molecule has 25 heavy (non-hydrogen) atoms. The van der Waals surface area contributed by atoms with Gasteiger partial charge in [0, 0.05) is 12.5 Å². The fourth-order valence-electron chi connectivity index (χ4n) is 2.81. The monoisotopic (exact) mass is 363 g/mol. The van der Waals surface area contributed by atoms with Gasteiger partial charge in [-0.2, -0.15) is 4.98 Å². The summed E-state index contributed by atoms with van der Waals surface area (Å²) in [7, 11) is 0. The van der Waals surface area contributed by atoms with E-state index >= 15 is 0 Å². The lowest BCUT2D eigenvalue weighted by Crippen LogP contribution is -2.38. The number of ether oxygens (including phenoxy) is 1. The Bertz CT molecular complexity index is 693. The number of carbonyl (C=O) groups excluding carboxylic acids is 2. The van der Waals surface area contributed by atoms with Crippen molar-refractivity contribution in [3.63, 3.8) is 0 Å². The van der Waals surface area contributed by atoms with E-state index in [1.807, 2.05) is 17.5 Å². The highest BCUT2D eigenvalue weighted by Gasteiger charge is 2.17. The fourth-order valence-corrected chi connectivity index (χ4v) is 3.45. The van der Waals surface area contributed by atoms with Crippen LogP contribution in [0.1, 0.15) is 44.4 Å². The van der Waals surface area contributed by atoms with Gasteiger partial charge in [0.1, 0.15) is 0 Å². The summed E-state index contributed by atoms with van der Waals surface area (Å²) in [5.41, 5.74) is 0. The summed E-state index contributed by atoms with van der Waals surface area (Å²) >= 11 is 1.52. The molecule has 0 aliphatic heterocycles. The second-order valence-corrected chi connectivity index (χ2v) is 7.00. The summed E-state index contributed by atoms with van der Waals surface area (Å²) in [6.45, 7) is -0.236. The molecule has 1 aliphatic carbocycles. The Kier molecular flexibility index (Phi) is 6.16. The minimum Gasteiger partial charge on any atom is -0.456 e. The van der Waals surface area contributed by atoms with E-state index in [4.69, 9.17) is 9.26 Å². The smallest absolute Gasteiger partial charge is 0.306 e. The highest BCUT2D eigenvalue weighted by Crippen LogP contribution is 2.21. The molecule has 0 unspecified atom stereocenters. The molecule has 0 saturated heterocycles. The molecule has 1 aliphatic rings. The van der Waals surface area contributed by atoms with Gasteiger partial charge in [-0.1, -0.05) is 30.5 Å². The van der Waals surface area contributed by atoms with Gasteiger partial charge in [-0.05, 0) is 24.3 Å². The van der Waals surface area contributed by atoms with E-state index in [1.165, 1.54) is 17.8 Å². The van der Waals surface area contributed by atoms with Crippen molar-refractivity contribution in [2.75, 3.05) is 6.61 Å². The predicted molar refractivity (Wildman–Crippen MR) is 91.9 cm³/mol. The highest BCUT2D eigenvalue weighted by atomic mass is 32.1. The minimum atomic E-state index is -0.449. The molecule has 0 spiro atoms. The molecule has 0 atom stereocenters. The lowest BCUT2D eigenvalue weighted by atomic mass is 9.95. The van der Waals surface area contributed by atoms with Crippen molar-refractivity contribution < 1.29 is 18.8 Å². The number of thiophene rings is 1. The SMILES string of the molecule is O=C(COC(=O)CCc1nc(-c2cccs2)no1)NC1CCCCC1. The zero-order chi connectivity index (χ0) is 17.5. The zero-order valence-electron chi connectivity index (χ0n) is 13.9. The van der Waals surface area contributed by atoms with Gasteiger partial charge in [0.05, 0.1) is 11.3 Å². The molecule has 1 amide bonds. The molecule has 134 valence electrons. The summed E-state index contributed by atoms with van der Waals surface area (Å²) in [4.78, 5) is 28.7. The first kappa shape index (κ1) is 17.6. The van der Waals surface area contributed by atoms with Gasteiger partial charge in [0.2, 0.25) is 11.7 Å². The average molecular weight is 363 g/mol. The number of hydrogen-bond donors (Lipinski definition) is 1. The molecule has 1 fully saturated rings. The van der Waals surface area contributed by atoms with Crippen LogP contribution in [0.2, 0.25) is 0 Å². The maximum Gasteiger partial charge on any atom is 0.306 e. The molecule has 1 saturated carbocycles. The van der Waals surface area contributed by atoms with Crippen LogP contribution in [0.5, 0.6) is 0 Å². The van der Waals surface area contributed by atoms with Crippen molar-refractivity contribution in [3.8, 4) is 10.7 Å². The maximum absolute atomic E-state index is 11.8. The summed E-state index contributed by atoms with van der Waals surface area (Å²) in [6, 6.07) is 4.03. The molecule has 1 N–H and O–H groups in total. The van der Waals surface area contributed by atoms with Gasteiger partial charge in [-0.15, -0.1) is 11.3 Å². The predicted octanol–water partition coefficient (Wildman–Crippen LogP) is 2.72. The molecule has 0 bridgehead atoms. The van der Waals surface area contributed by atoms with E-state index in [0.29, 0.717) is 18.1 Å². The number of aryl methyl sites for hydroxylation is 1. The summed E-state index contributed by atoms with van der Waals surface area (Å²) < 4.78 is 10.1. The highest BCUT2D eigenvalue weighted by molar-refractivity contribution is 7.13.